The summed E-state index contributed by atoms with van der Waals surface area (Å²) in [5.74, 6) is 0.343. The molecule has 3 aromatic rings. The Hall–Kier alpha value is -2.54. The van der Waals surface area contributed by atoms with Gasteiger partial charge in [-0.05, 0) is 10.8 Å². The summed E-state index contributed by atoms with van der Waals surface area (Å²) in [4.78, 5) is 19.1. The molecule has 0 fully saturated rings. The van der Waals surface area contributed by atoms with Gasteiger partial charge in [-0.2, -0.15) is 9.73 Å². The van der Waals surface area contributed by atoms with E-state index in [0.717, 1.165) is 30.8 Å². The number of aromatic nitrogens is 5. The van der Waals surface area contributed by atoms with Crippen molar-refractivity contribution in [3.8, 4) is 0 Å². The molecule has 1 N–H and O–H groups in total. The van der Waals surface area contributed by atoms with Crippen molar-refractivity contribution in [3.63, 3.8) is 0 Å². The van der Waals surface area contributed by atoms with Crippen molar-refractivity contribution in [2.24, 2.45) is 0 Å². The molecule has 0 amide bonds. The molecule has 1 aromatic carbocycles. The van der Waals surface area contributed by atoms with Crippen molar-refractivity contribution in [3.05, 3.63) is 57.5 Å². The van der Waals surface area contributed by atoms with Crippen molar-refractivity contribution in [1.29, 1.82) is 0 Å². The van der Waals surface area contributed by atoms with E-state index in [1.807, 2.05) is 18.2 Å². The Kier molecular flexibility index (Phi) is 2.78. The Morgan fingerprint density at radius 2 is 2.10 bits per heavy atom. The lowest BCUT2D eigenvalue weighted by Crippen LogP contribution is -2.36. The lowest BCUT2D eigenvalue weighted by molar-refractivity contribution is 0.241. The minimum Gasteiger partial charge on any atom is -0.294 e. The second-order valence-electron chi connectivity index (χ2n) is 5.22. The van der Waals surface area contributed by atoms with Gasteiger partial charge in [0, 0.05) is 26.1 Å². The monoisotopic (exact) mass is 282 g/mol. The average molecular weight is 282 g/mol. The summed E-state index contributed by atoms with van der Waals surface area (Å²) in [5.41, 5.74) is 2.73. The van der Waals surface area contributed by atoms with Crippen LogP contribution in [0.15, 0.2) is 35.1 Å². The number of aromatic amines is 1. The maximum Gasteiger partial charge on any atom is 0.280 e. The van der Waals surface area contributed by atoms with E-state index in [0.29, 0.717) is 12.3 Å². The van der Waals surface area contributed by atoms with Crippen LogP contribution >= 0.6 is 0 Å². The summed E-state index contributed by atoms with van der Waals surface area (Å²) < 4.78 is 1.30. The number of fused-ring (bicyclic) bond motifs is 2. The second kappa shape index (κ2) is 4.78. The van der Waals surface area contributed by atoms with E-state index < -0.39 is 0 Å². The predicted molar refractivity (Wildman–Crippen MR) is 75.7 cm³/mol. The molecular weight excluding hydrogens is 268 g/mol. The van der Waals surface area contributed by atoms with Crippen molar-refractivity contribution < 1.29 is 0 Å². The molecular formula is C14H14N6O. The van der Waals surface area contributed by atoms with E-state index in [4.69, 9.17) is 0 Å². The zero-order chi connectivity index (χ0) is 14.2. The SMILES string of the molecule is O=c1c2c(nc3nn[nH]n13)CCN(Cc1ccccc1)C2. The molecule has 2 aromatic heterocycles. The quantitative estimate of drug-likeness (QED) is 0.734. The minimum absolute atomic E-state index is 0.0993. The predicted octanol–water partition coefficient (Wildman–Crippen LogP) is 0.371. The van der Waals surface area contributed by atoms with Crippen LogP contribution in [0.3, 0.4) is 0 Å². The number of nitrogens with zero attached hydrogens (tertiary/aromatic N) is 5. The third kappa shape index (κ3) is 2.11. The van der Waals surface area contributed by atoms with E-state index in [1.165, 1.54) is 10.1 Å². The first kappa shape index (κ1) is 12.2. The number of benzene rings is 1. The normalized spacial score (nSPS) is 15.2. The summed E-state index contributed by atoms with van der Waals surface area (Å²) in [7, 11) is 0. The highest BCUT2D eigenvalue weighted by molar-refractivity contribution is 5.31. The van der Waals surface area contributed by atoms with Crippen molar-refractivity contribution in [2.75, 3.05) is 6.54 Å². The number of rotatable bonds is 2. The number of tetrazole rings is 1. The fourth-order valence-corrected chi connectivity index (χ4v) is 2.77. The molecule has 0 atom stereocenters. The summed E-state index contributed by atoms with van der Waals surface area (Å²) in [6.45, 7) is 2.34. The average Bonchev–Trinajstić information content (AvgIpc) is 2.98. The van der Waals surface area contributed by atoms with Gasteiger partial charge in [-0.3, -0.25) is 9.69 Å². The van der Waals surface area contributed by atoms with E-state index in [2.05, 4.69) is 37.5 Å². The molecule has 1 aliphatic rings. The molecule has 0 saturated carbocycles. The van der Waals surface area contributed by atoms with Crippen LogP contribution in [-0.4, -0.2) is 36.5 Å². The Labute approximate surface area is 120 Å². The third-order valence-electron chi connectivity index (χ3n) is 3.82. The first-order valence-corrected chi connectivity index (χ1v) is 6.89. The van der Waals surface area contributed by atoms with Crippen LogP contribution in [0, 0.1) is 0 Å². The lowest BCUT2D eigenvalue weighted by Gasteiger charge is -2.27. The first-order valence-electron chi connectivity index (χ1n) is 6.89. The number of nitrogens with one attached hydrogen (secondary N) is 1. The third-order valence-corrected chi connectivity index (χ3v) is 3.82. The Morgan fingerprint density at radius 3 is 2.95 bits per heavy atom. The maximum absolute atomic E-state index is 12.4. The van der Waals surface area contributed by atoms with Crippen LogP contribution in [0.4, 0.5) is 0 Å². The van der Waals surface area contributed by atoms with Gasteiger partial charge in [0.25, 0.3) is 11.3 Å². The summed E-state index contributed by atoms with van der Waals surface area (Å²) >= 11 is 0. The molecule has 7 heteroatoms. The summed E-state index contributed by atoms with van der Waals surface area (Å²) in [6, 6.07) is 10.3. The van der Waals surface area contributed by atoms with Gasteiger partial charge in [0.15, 0.2) is 0 Å². The van der Waals surface area contributed by atoms with Gasteiger partial charge >= 0.3 is 0 Å². The van der Waals surface area contributed by atoms with Gasteiger partial charge in [0.05, 0.1) is 11.3 Å². The van der Waals surface area contributed by atoms with E-state index >= 15 is 0 Å². The highest BCUT2D eigenvalue weighted by atomic mass is 16.1. The molecule has 0 radical (unpaired) electrons. The van der Waals surface area contributed by atoms with Crippen LogP contribution in [0.2, 0.25) is 0 Å². The van der Waals surface area contributed by atoms with Gasteiger partial charge in [0.2, 0.25) is 0 Å². The molecule has 0 bridgehead atoms. The fraction of sp³-hybridized carbons (Fsp3) is 0.286. The van der Waals surface area contributed by atoms with Gasteiger partial charge < -0.3 is 0 Å². The number of hydrogen-bond acceptors (Lipinski definition) is 5. The second-order valence-corrected chi connectivity index (χ2v) is 5.22. The standard InChI is InChI=1S/C14H14N6O/c21-13-11-9-19(8-10-4-2-1-3-5-10)7-6-12(11)15-14-16-17-18-20(13)14/h1-5H,6-9H2,(H,15,16,18). The Balaban J connectivity index is 1.66. The van der Waals surface area contributed by atoms with Crippen LogP contribution in [0.25, 0.3) is 5.78 Å². The zero-order valence-electron chi connectivity index (χ0n) is 11.4. The molecule has 3 heterocycles. The number of H-pyrrole nitrogens is 1. The molecule has 0 unspecified atom stereocenters. The Morgan fingerprint density at radius 1 is 1.24 bits per heavy atom. The topological polar surface area (TPSA) is 79.2 Å². The summed E-state index contributed by atoms with van der Waals surface area (Å²) in [6.07, 6.45) is 0.765. The smallest absolute Gasteiger partial charge is 0.280 e. The van der Waals surface area contributed by atoms with Crippen molar-refractivity contribution >= 4 is 5.78 Å². The van der Waals surface area contributed by atoms with E-state index in [1.54, 1.807) is 0 Å². The highest BCUT2D eigenvalue weighted by Gasteiger charge is 2.22. The van der Waals surface area contributed by atoms with Crippen LogP contribution in [0.1, 0.15) is 16.8 Å². The van der Waals surface area contributed by atoms with Gasteiger partial charge in [-0.25, -0.2) is 4.98 Å². The van der Waals surface area contributed by atoms with Gasteiger partial charge in [0.1, 0.15) is 0 Å². The summed E-state index contributed by atoms with van der Waals surface area (Å²) in [5, 5.41) is 10.0. The highest BCUT2D eigenvalue weighted by Crippen LogP contribution is 2.16. The van der Waals surface area contributed by atoms with Crippen molar-refractivity contribution in [2.45, 2.75) is 19.5 Å². The largest absolute Gasteiger partial charge is 0.294 e. The molecule has 1 aliphatic heterocycles. The lowest BCUT2D eigenvalue weighted by atomic mass is 10.1. The zero-order valence-corrected chi connectivity index (χ0v) is 11.4. The maximum atomic E-state index is 12.4. The van der Waals surface area contributed by atoms with Crippen molar-refractivity contribution in [1.82, 2.24) is 29.9 Å². The van der Waals surface area contributed by atoms with E-state index in [-0.39, 0.29) is 5.56 Å². The Bertz CT molecular complexity index is 838. The molecule has 7 nitrogen and oxygen atoms in total. The molecule has 0 aliphatic carbocycles. The molecule has 4 rings (SSSR count). The van der Waals surface area contributed by atoms with Crippen LogP contribution in [-0.2, 0) is 19.5 Å². The molecule has 0 spiro atoms. The van der Waals surface area contributed by atoms with Gasteiger partial charge in [-0.15, -0.1) is 0 Å². The minimum atomic E-state index is -0.0993. The van der Waals surface area contributed by atoms with Crippen LogP contribution < -0.4 is 5.56 Å². The fourth-order valence-electron chi connectivity index (χ4n) is 2.77. The van der Waals surface area contributed by atoms with Crippen LogP contribution in [0.5, 0.6) is 0 Å². The molecule has 0 saturated heterocycles. The molecule has 106 valence electrons. The first-order chi connectivity index (χ1) is 10.3. The number of hydrogen-bond donors (Lipinski definition) is 1. The van der Waals surface area contributed by atoms with E-state index in [9.17, 15) is 4.79 Å². The molecule has 21 heavy (non-hydrogen) atoms. The van der Waals surface area contributed by atoms with Gasteiger partial charge in [-0.1, -0.05) is 35.4 Å².